The monoisotopic (exact) mass is 316 g/mol. The molecule has 5 nitrogen and oxygen atoms in total. The van der Waals surface area contributed by atoms with E-state index in [0.29, 0.717) is 6.54 Å². The van der Waals surface area contributed by atoms with Gasteiger partial charge in [-0.15, -0.1) is 11.3 Å². The molecule has 6 heteroatoms. The largest absolute Gasteiger partial charge is 0.355 e. The third-order valence-electron chi connectivity index (χ3n) is 3.80. The number of nitrogens with zero attached hydrogens (tertiary/aromatic N) is 3. The molecule has 0 saturated carbocycles. The smallest absolute Gasteiger partial charge is 0.177 e. The van der Waals surface area contributed by atoms with E-state index in [1.54, 1.807) is 11.3 Å². The third-order valence-corrected chi connectivity index (χ3v) is 4.68. The Balaban J connectivity index is 1.58. The van der Waals surface area contributed by atoms with Crippen LogP contribution in [0.1, 0.15) is 31.1 Å². The number of hydrogen-bond donors (Lipinski definition) is 1. The first-order valence-electron chi connectivity index (χ1n) is 7.37. The Bertz CT molecular complexity index is 716. The van der Waals surface area contributed by atoms with Gasteiger partial charge in [0.05, 0.1) is 22.8 Å². The number of aryl methyl sites for hydroxylation is 1. The van der Waals surface area contributed by atoms with Crippen LogP contribution in [-0.4, -0.2) is 21.0 Å². The van der Waals surface area contributed by atoms with Crippen LogP contribution in [0.25, 0.3) is 10.6 Å². The first kappa shape index (κ1) is 15.0. The van der Waals surface area contributed by atoms with Gasteiger partial charge in [0.25, 0.3) is 0 Å². The van der Waals surface area contributed by atoms with Crippen LogP contribution < -0.4 is 5.32 Å². The predicted octanol–water partition coefficient (Wildman–Crippen LogP) is 3.65. The van der Waals surface area contributed by atoms with Gasteiger partial charge in [0.2, 0.25) is 0 Å². The topological polar surface area (TPSA) is 55.9 Å². The van der Waals surface area contributed by atoms with E-state index in [9.17, 15) is 0 Å². The second kappa shape index (κ2) is 6.46. The zero-order chi connectivity index (χ0) is 15.5. The van der Waals surface area contributed by atoms with Crippen molar-refractivity contribution in [1.29, 1.82) is 0 Å². The molecule has 0 amide bonds. The van der Waals surface area contributed by atoms with Crippen molar-refractivity contribution < 1.29 is 4.52 Å². The molecule has 22 heavy (non-hydrogen) atoms. The minimum absolute atomic E-state index is 0.275. The van der Waals surface area contributed by atoms with E-state index in [0.717, 1.165) is 16.3 Å². The molecule has 3 heterocycles. The van der Waals surface area contributed by atoms with Gasteiger partial charge in [-0.1, -0.05) is 11.2 Å². The summed E-state index contributed by atoms with van der Waals surface area (Å²) in [6, 6.07) is 6.59. The maximum absolute atomic E-state index is 5.39. The van der Waals surface area contributed by atoms with Crippen molar-refractivity contribution in [3.05, 3.63) is 47.2 Å². The molecular formula is C16H20N4OS. The number of nitrogens with one attached hydrogen (secondary N) is 1. The molecule has 0 aliphatic carbocycles. The normalized spacial score (nSPS) is 14.1. The molecule has 3 aromatic heterocycles. The summed E-state index contributed by atoms with van der Waals surface area (Å²) in [6.07, 6.45) is 3.95. The summed E-state index contributed by atoms with van der Waals surface area (Å²) >= 11 is 1.65. The fourth-order valence-corrected chi connectivity index (χ4v) is 2.92. The SMILES string of the molecule is Cc1cnn(C(C)C(C)NCc2cc(-c3cccs3)on2)c1. The van der Waals surface area contributed by atoms with E-state index in [1.165, 1.54) is 5.56 Å². The zero-order valence-electron chi connectivity index (χ0n) is 13.0. The second-order valence-corrected chi connectivity index (χ2v) is 6.52. The fraction of sp³-hybridized carbons (Fsp3) is 0.375. The lowest BCUT2D eigenvalue weighted by atomic mass is 10.1. The summed E-state index contributed by atoms with van der Waals surface area (Å²) < 4.78 is 7.39. The summed E-state index contributed by atoms with van der Waals surface area (Å²) in [4.78, 5) is 1.10. The molecule has 3 aromatic rings. The molecule has 2 unspecified atom stereocenters. The zero-order valence-corrected chi connectivity index (χ0v) is 13.8. The van der Waals surface area contributed by atoms with Crippen LogP contribution in [0.3, 0.4) is 0 Å². The van der Waals surface area contributed by atoms with Gasteiger partial charge in [0.1, 0.15) is 0 Å². The van der Waals surface area contributed by atoms with Crippen molar-refractivity contribution in [3.8, 4) is 10.6 Å². The van der Waals surface area contributed by atoms with Crippen LogP contribution in [0, 0.1) is 6.92 Å². The fourth-order valence-electron chi connectivity index (χ4n) is 2.25. The summed E-state index contributed by atoms with van der Waals surface area (Å²) in [5.74, 6) is 0.829. The molecule has 0 radical (unpaired) electrons. The van der Waals surface area contributed by atoms with Gasteiger partial charge < -0.3 is 9.84 Å². The highest BCUT2D eigenvalue weighted by atomic mass is 32.1. The molecule has 0 fully saturated rings. The minimum Gasteiger partial charge on any atom is -0.355 e. The Kier molecular flexibility index (Phi) is 4.40. The predicted molar refractivity (Wildman–Crippen MR) is 87.8 cm³/mol. The van der Waals surface area contributed by atoms with E-state index < -0.39 is 0 Å². The molecule has 2 atom stereocenters. The Morgan fingerprint density at radius 2 is 2.27 bits per heavy atom. The first-order valence-corrected chi connectivity index (χ1v) is 8.25. The Morgan fingerprint density at radius 3 is 2.95 bits per heavy atom. The summed E-state index contributed by atoms with van der Waals surface area (Å²) in [5.41, 5.74) is 2.09. The highest BCUT2D eigenvalue weighted by Gasteiger charge is 2.15. The lowest BCUT2D eigenvalue weighted by Gasteiger charge is -2.21. The van der Waals surface area contributed by atoms with Crippen LogP contribution >= 0.6 is 11.3 Å². The number of aromatic nitrogens is 3. The highest BCUT2D eigenvalue weighted by molar-refractivity contribution is 7.13. The van der Waals surface area contributed by atoms with Gasteiger partial charge in [0, 0.05) is 24.8 Å². The van der Waals surface area contributed by atoms with Crippen molar-refractivity contribution >= 4 is 11.3 Å². The number of thiophene rings is 1. The summed E-state index contributed by atoms with van der Waals surface area (Å²) in [7, 11) is 0. The average Bonchev–Trinajstić information content (AvgIpc) is 3.24. The molecule has 1 N–H and O–H groups in total. The van der Waals surface area contributed by atoms with E-state index in [1.807, 2.05) is 34.5 Å². The molecular weight excluding hydrogens is 296 g/mol. The lowest BCUT2D eigenvalue weighted by molar-refractivity contribution is 0.357. The molecule has 0 aliphatic heterocycles. The molecule has 0 spiro atoms. The lowest BCUT2D eigenvalue weighted by Crippen LogP contribution is -2.33. The van der Waals surface area contributed by atoms with Gasteiger partial charge in [0.15, 0.2) is 5.76 Å². The maximum Gasteiger partial charge on any atom is 0.177 e. The molecule has 0 bridgehead atoms. The van der Waals surface area contributed by atoms with Crippen LogP contribution in [0.4, 0.5) is 0 Å². The van der Waals surface area contributed by atoms with Gasteiger partial charge in [-0.2, -0.15) is 5.10 Å². The van der Waals surface area contributed by atoms with Crippen molar-refractivity contribution in [2.75, 3.05) is 0 Å². The highest BCUT2D eigenvalue weighted by Crippen LogP contribution is 2.25. The molecule has 0 aliphatic rings. The molecule has 0 aromatic carbocycles. The third kappa shape index (κ3) is 3.28. The minimum atomic E-state index is 0.275. The van der Waals surface area contributed by atoms with Crippen LogP contribution in [0.5, 0.6) is 0 Å². The van der Waals surface area contributed by atoms with Gasteiger partial charge in [-0.3, -0.25) is 4.68 Å². The van der Waals surface area contributed by atoms with Crippen molar-refractivity contribution in [3.63, 3.8) is 0 Å². The second-order valence-electron chi connectivity index (χ2n) is 5.57. The Morgan fingerprint density at radius 1 is 1.41 bits per heavy atom. The number of rotatable bonds is 6. The standard InChI is InChI=1S/C16H20N4OS/c1-11-8-18-20(10-11)13(3)12(2)17-9-14-7-15(21-19-14)16-5-4-6-22-16/h4-8,10,12-13,17H,9H2,1-3H3. The quantitative estimate of drug-likeness (QED) is 0.754. The van der Waals surface area contributed by atoms with Crippen molar-refractivity contribution in [2.45, 2.75) is 39.4 Å². The van der Waals surface area contributed by atoms with Crippen molar-refractivity contribution in [1.82, 2.24) is 20.3 Å². The van der Waals surface area contributed by atoms with E-state index in [-0.39, 0.29) is 12.1 Å². The molecule has 116 valence electrons. The Hall–Kier alpha value is -1.92. The van der Waals surface area contributed by atoms with E-state index in [2.05, 4.69) is 42.5 Å². The summed E-state index contributed by atoms with van der Waals surface area (Å²) in [5, 5.41) is 14.0. The van der Waals surface area contributed by atoms with Gasteiger partial charge in [-0.25, -0.2) is 0 Å². The average molecular weight is 316 g/mol. The first-order chi connectivity index (χ1) is 10.6. The van der Waals surface area contributed by atoms with E-state index >= 15 is 0 Å². The van der Waals surface area contributed by atoms with Gasteiger partial charge >= 0.3 is 0 Å². The van der Waals surface area contributed by atoms with Crippen molar-refractivity contribution in [2.24, 2.45) is 0 Å². The molecule has 3 rings (SSSR count). The van der Waals surface area contributed by atoms with Crippen LogP contribution in [0.2, 0.25) is 0 Å². The van der Waals surface area contributed by atoms with Crippen LogP contribution in [-0.2, 0) is 6.54 Å². The molecule has 0 saturated heterocycles. The Labute approximate surface area is 133 Å². The summed E-state index contributed by atoms with van der Waals surface area (Å²) in [6.45, 7) is 7.04. The van der Waals surface area contributed by atoms with E-state index in [4.69, 9.17) is 4.52 Å². The maximum atomic E-state index is 5.39. The van der Waals surface area contributed by atoms with Crippen LogP contribution in [0.15, 0.2) is 40.5 Å². The van der Waals surface area contributed by atoms with Gasteiger partial charge in [-0.05, 0) is 37.8 Å². The number of hydrogen-bond acceptors (Lipinski definition) is 5.